The molecule has 0 fully saturated rings. The van der Waals surface area contributed by atoms with E-state index in [-0.39, 0.29) is 31.5 Å². The van der Waals surface area contributed by atoms with Crippen LogP contribution in [0.1, 0.15) is 10.5 Å². The molecule has 1 aromatic heterocycles. The molecular formula is C14H11Cl3N4O5S. The minimum absolute atomic E-state index is 0.112. The van der Waals surface area contributed by atoms with Gasteiger partial charge in [-0.1, -0.05) is 34.8 Å². The first kappa shape index (κ1) is 21.2. The number of rotatable bonds is 5. The molecule has 1 amide bonds. The Kier molecular flexibility index (Phi) is 6.50. The van der Waals surface area contributed by atoms with Gasteiger partial charge in [-0.15, -0.1) is 0 Å². The summed E-state index contributed by atoms with van der Waals surface area (Å²) in [5, 5.41) is 6.75. The summed E-state index contributed by atoms with van der Waals surface area (Å²) in [4.78, 5) is 27.4. The first-order valence-electron chi connectivity index (χ1n) is 6.90. The number of amides is 1. The maximum atomic E-state index is 12.0. The maximum absolute atomic E-state index is 12.0. The van der Waals surface area contributed by atoms with Gasteiger partial charge in [0.2, 0.25) is 10.0 Å². The molecule has 1 aromatic carbocycles. The number of sulfonamides is 1. The lowest BCUT2D eigenvalue weighted by Crippen LogP contribution is -2.22. The van der Waals surface area contributed by atoms with Crippen molar-refractivity contribution in [3.8, 4) is 0 Å². The molecule has 0 atom stereocenters. The van der Waals surface area contributed by atoms with E-state index < -0.39 is 34.2 Å². The number of carbonyl (C=O) groups excluding carboxylic acids is 2. The first-order chi connectivity index (χ1) is 12.5. The maximum Gasteiger partial charge on any atom is 0.359 e. The molecule has 5 N–H and O–H groups in total. The summed E-state index contributed by atoms with van der Waals surface area (Å²) >= 11 is 17.4. The molecule has 0 unspecified atom stereocenters. The molecule has 2 aromatic rings. The van der Waals surface area contributed by atoms with Crippen molar-refractivity contribution in [3.05, 3.63) is 45.2 Å². The molecule has 144 valence electrons. The molecule has 0 spiro atoms. The topological polar surface area (TPSA) is 154 Å². The number of nitrogen functional groups attached to an aromatic ring is 1. The second-order valence-corrected chi connectivity index (χ2v) is 7.66. The van der Waals surface area contributed by atoms with Gasteiger partial charge in [0.1, 0.15) is 5.02 Å². The first-order valence-corrected chi connectivity index (χ1v) is 9.58. The second-order valence-electron chi connectivity index (χ2n) is 4.99. The van der Waals surface area contributed by atoms with Gasteiger partial charge in [-0.2, -0.15) is 0 Å². The summed E-state index contributed by atoms with van der Waals surface area (Å²) in [6, 6.07) is 5.05. The number of hydrogen-bond acceptors (Lipinski definition) is 7. The van der Waals surface area contributed by atoms with Gasteiger partial charge >= 0.3 is 5.97 Å². The summed E-state index contributed by atoms with van der Waals surface area (Å²) in [5.41, 5.74) is 5.31. The number of esters is 1. The molecule has 0 aliphatic rings. The van der Waals surface area contributed by atoms with Gasteiger partial charge in [0.25, 0.3) is 5.91 Å². The number of halogens is 3. The van der Waals surface area contributed by atoms with Crippen LogP contribution in [0.2, 0.25) is 15.2 Å². The number of ether oxygens (including phenoxy) is 1. The van der Waals surface area contributed by atoms with E-state index in [4.69, 9.17) is 50.4 Å². The second kappa shape index (κ2) is 8.28. The molecule has 1 heterocycles. The largest absolute Gasteiger partial charge is 0.451 e. The Balaban J connectivity index is 2.01. The zero-order chi connectivity index (χ0) is 20.4. The van der Waals surface area contributed by atoms with E-state index in [1.54, 1.807) is 0 Å². The highest BCUT2D eigenvalue weighted by atomic mass is 35.5. The minimum Gasteiger partial charge on any atom is -0.451 e. The van der Waals surface area contributed by atoms with E-state index in [0.29, 0.717) is 0 Å². The number of nitrogens with two attached hydrogens (primary N) is 2. The van der Waals surface area contributed by atoms with Crippen LogP contribution in [0.5, 0.6) is 0 Å². The van der Waals surface area contributed by atoms with Crippen LogP contribution in [-0.4, -0.2) is 31.9 Å². The van der Waals surface area contributed by atoms with Crippen molar-refractivity contribution in [2.24, 2.45) is 5.14 Å². The Morgan fingerprint density at radius 3 is 2.26 bits per heavy atom. The van der Waals surface area contributed by atoms with Crippen molar-refractivity contribution in [2.75, 3.05) is 17.7 Å². The van der Waals surface area contributed by atoms with Crippen LogP contribution in [0.25, 0.3) is 0 Å². The number of benzene rings is 1. The van der Waals surface area contributed by atoms with Gasteiger partial charge in [-0.25, -0.2) is 23.3 Å². The van der Waals surface area contributed by atoms with Crippen molar-refractivity contribution < 1.29 is 22.7 Å². The summed E-state index contributed by atoms with van der Waals surface area (Å²) in [7, 11) is -3.85. The summed E-state index contributed by atoms with van der Waals surface area (Å²) in [5.74, 6) is -1.74. The molecule has 13 heteroatoms. The standard InChI is InChI=1S/C14H11Cl3N4O5S/c15-9-11(18)10(16)13(17)21-12(9)14(23)26-5-8(22)20-6-1-3-7(4-2-6)27(19,24)25/h1-4H,5H2,(H2,18,21)(H,20,22)(H2,19,24,25). The third-order valence-corrected chi connectivity index (χ3v) is 5.13. The third-order valence-electron chi connectivity index (χ3n) is 3.07. The van der Waals surface area contributed by atoms with E-state index in [1.807, 2.05) is 0 Å². The van der Waals surface area contributed by atoms with Crippen LogP contribution < -0.4 is 16.2 Å². The molecule has 0 saturated carbocycles. The number of carbonyl (C=O) groups is 2. The lowest BCUT2D eigenvalue weighted by atomic mass is 10.3. The molecule has 27 heavy (non-hydrogen) atoms. The van der Waals surface area contributed by atoms with Crippen molar-refractivity contribution in [1.29, 1.82) is 0 Å². The average molecular weight is 454 g/mol. The van der Waals surface area contributed by atoms with Crippen molar-refractivity contribution in [1.82, 2.24) is 4.98 Å². The number of hydrogen-bond donors (Lipinski definition) is 3. The molecule has 0 aliphatic carbocycles. The Labute approximate surface area is 168 Å². The molecule has 9 nitrogen and oxygen atoms in total. The number of aromatic nitrogens is 1. The number of pyridine rings is 1. The number of nitrogens with zero attached hydrogens (tertiary/aromatic N) is 1. The SMILES string of the molecule is Nc1c(Cl)c(Cl)nc(C(=O)OCC(=O)Nc2ccc(S(N)(=O)=O)cc2)c1Cl. The van der Waals surface area contributed by atoms with Crippen LogP contribution in [0, 0.1) is 0 Å². The number of anilines is 2. The van der Waals surface area contributed by atoms with Crippen molar-refractivity contribution >= 4 is 68.1 Å². The third kappa shape index (κ3) is 5.21. The Bertz CT molecular complexity index is 1010. The van der Waals surface area contributed by atoms with Crippen molar-refractivity contribution in [3.63, 3.8) is 0 Å². The fourth-order valence-corrected chi connectivity index (χ4v) is 2.89. The van der Waals surface area contributed by atoms with Gasteiger partial charge < -0.3 is 15.8 Å². The van der Waals surface area contributed by atoms with Crippen LogP contribution in [-0.2, 0) is 19.6 Å². The summed E-state index contributed by atoms with van der Waals surface area (Å²) < 4.78 is 27.1. The number of nitrogens with one attached hydrogen (secondary N) is 1. The normalized spacial score (nSPS) is 11.1. The van der Waals surface area contributed by atoms with Crippen LogP contribution in [0.3, 0.4) is 0 Å². The highest BCUT2D eigenvalue weighted by Crippen LogP contribution is 2.34. The highest BCUT2D eigenvalue weighted by Gasteiger charge is 2.21. The van der Waals surface area contributed by atoms with E-state index in [9.17, 15) is 18.0 Å². The lowest BCUT2D eigenvalue weighted by Gasteiger charge is -2.10. The molecule has 0 bridgehead atoms. The van der Waals surface area contributed by atoms with Gasteiger partial charge in [-0.05, 0) is 24.3 Å². The van der Waals surface area contributed by atoms with Gasteiger partial charge in [0, 0.05) is 5.69 Å². The minimum atomic E-state index is -3.85. The van der Waals surface area contributed by atoms with Crippen LogP contribution >= 0.6 is 34.8 Å². The zero-order valence-corrected chi connectivity index (χ0v) is 16.3. The average Bonchev–Trinajstić information content (AvgIpc) is 2.60. The molecule has 0 saturated heterocycles. The number of primary sulfonamides is 1. The molecular weight excluding hydrogens is 443 g/mol. The lowest BCUT2D eigenvalue weighted by molar-refractivity contribution is -0.119. The van der Waals surface area contributed by atoms with Gasteiger partial charge in [0.15, 0.2) is 17.5 Å². The quantitative estimate of drug-likeness (QED) is 0.462. The summed E-state index contributed by atoms with van der Waals surface area (Å²) in [6.45, 7) is -0.673. The molecule has 2 rings (SSSR count). The monoisotopic (exact) mass is 452 g/mol. The Hall–Kier alpha value is -2.11. The van der Waals surface area contributed by atoms with Gasteiger partial charge in [0.05, 0.1) is 15.6 Å². The van der Waals surface area contributed by atoms with Crippen LogP contribution in [0.15, 0.2) is 29.2 Å². The highest BCUT2D eigenvalue weighted by molar-refractivity contribution is 7.89. The van der Waals surface area contributed by atoms with Gasteiger partial charge in [-0.3, -0.25) is 4.79 Å². The van der Waals surface area contributed by atoms with E-state index >= 15 is 0 Å². The zero-order valence-electron chi connectivity index (χ0n) is 13.2. The fourth-order valence-electron chi connectivity index (χ4n) is 1.79. The fraction of sp³-hybridized carbons (Fsp3) is 0.0714. The smallest absolute Gasteiger partial charge is 0.359 e. The van der Waals surface area contributed by atoms with E-state index in [0.717, 1.165) is 0 Å². The van der Waals surface area contributed by atoms with E-state index in [1.165, 1.54) is 24.3 Å². The molecule has 0 aliphatic heterocycles. The predicted molar refractivity (Wildman–Crippen MR) is 100 cm³/mol. The van der Waals surface area contributed by atoms with E-state index in [2.05, 4.69) is 10.3 Å². The Morgan fingerprint density at radius 2 is 1.70 bits per heavy atom. The summed E-state index contributed by atoms with van der Waals surface area (Å²) in [6.07, 6.45) is 0. The van der Waals surface area contributed by atoms with Crippen LogP contribution in [0.4, 0.5) is 11.4 Å². The molecule has 0 radical (unpaired) electrons. The Morgan fingerprint density at radius 1 is 1.11 bits per heavy atom. The predicted octanol–water partition coefficient (Wildman–Crippen LogP) is 2.07. The van der Waals surface area contributed by atoms with Crippen molar-refractivity contribution in [2.45, 2.75) is 4.90 Å².